The molecule has 6 nitrogen and oxygen atoms in total. The summed E-state index contributed by atoms with van der Waals surface area (Å²) in [7, 11) is 1.51. The van der Waals surface area contributed by atoms with Gasteiger partial charge in [-0.3, -0.25) is 4.79 Å². The monoisotopic (exact) mass is 297 g/mol. The van der Waals surface area contributed by atoms with E-state index in [1.54, 1.807) is 32.0 Å². The molecule has 1 aromatic heterocycles. The molecule has 0 atom stereocenters. The van der Waals surface area contributed by atoms with Gasteiger partial charge < -0.3 is 9.84 Å². The molecule has 0 radical (unpaired) electrons. The maximum absolute atomic E-state index is 12.2. The predicted octanol–water partition coefficient (Wildman–Crippen LogP) is 1.93. The number of nitriles is 1. The number of pyridine rings is 1. The Morgan fingerprint density at radius 3 is 2.73 bits per heavy atom. The number of phenolic OH excluding ortho intramolecular Hbond substituents is 1. The number of nitrogens with zero attached hydrogens (tertiary/aromatic N) is 3. The molecule has 112 valence electrons. The van der Waals surface area contributed by atoms with E-state index in [2.05, 4.69) is 5.10 Å². The van der Waals surface area contributed by atoms with Gasteiger partial charge in [0.15, 0.2) is 0 Å². The zero-order valence-corrected chi connectivity index (χ0v) is 12.5. The lowest BCUT2D eigenvalue weighted by atomic mass is 10.1. The average molecular weight is 297 g/mol. The van der Waals surface area contributed by atoms with Crippen LogP contribution in [0, 0.1) is 25.2 Å². The second-order valence-electron chi connectivity index (χ2n) is 4.74. The van der Waals surface area contributed by atoms with Crippen molar-refractivity contribution < 1.29 is 9.84 Å². The summed E-state index contributed by atoms with van der Waals surface area (Å²) < 4.78 is 6.21. The Morgan fingerprint density at radius 1 is 1.36 bits per heavy atom. The predicted molar refractivity (Wildman–Crippen MR) is 82.5 cm³/mol. The summed E-state index contributed by atoms with van der Waals surface area (Å²) in [6.45, 7) is 3.42. The molecule has 0 spiro atoms. The standard InChI is InChI=1S/C16H15N3O3/c1-10-6-11(2)19(16(21)14(10)8-17)18-9-12-7-13(22-3)4-5-15(12)20/h4-7,9,20H,1-3H3/b18-9+. The molecule has 0 saturated carbocycles. The number of aromatic hydroxyl groups is 1. The molecule has 6 heteroatoms. The number of hydrogen-bond donors (Lipinski definition) is 1. The van der Waals surface area contributed by atoms with Crippen molar-refractivity contribution in [3.8, 4) is 17.6 Å². The van der Waals surface area contributed by atoms with E-state index in [0.29, 0.717) is 22.6 Å². The number of methoxy groups -OCH3 is 1. The van der Waals surface area contributed by atoms with Crippen molar-refractivity contribution in [2.45, 2.75) is 13.8 Å². The molecule has 1 N–H and O–H groups in total. The molecule has 0 aliphatic heterocycles. The molecule has 2 rings (SSSR count). The fourth-order valence-electron chi connectivity index (χ4n) is 2.04. The van der Waals surface area contributed by atoms with E-state index in [9.17, 15) is 9.90 Å². The van der Waals surface area contributed by atoms with Crippen LogP contribution >= 0.6 is 0 Å². The smallest absolute Gasteiger partial charge is 0.289 e. The van der Waals surface area contributed by atoms with Crippen molar-refractivity contribution in [2.75, 3.05) is 7.11 Å². The summed E-state index contributed by atoms with van der Waals surface area (Å²) in [5.41, 5.74) is 1.18. The van der Waals surface area contributed by atoms with Gasteiger partial charge in [0, 0.05) is 11.3 Å². The normalized spacial score (nSPS) is 10.6. The highest BCUT2D eigenvalue weighted by atomic mass is 16.5. The highest BCUT2D eigenvalue weighted by molar-refractivity contribution is 5.84. The zero-order valence-electron chi connectivity index (χ0n) is 12.5. The van der Waals surface area contributed by atoms with Gasteiger partial charge in [-0.1, -0.05) is 0 Å². The number of aryl methyl sites for hydroxylation is 2. The van der Waals surface area contributed by atoms with Crippen LogP contribution in [0.3, 0.4) is 0 Å². The molecule has 0 amide bonds. The van der Waals surface area contributed by atoms with Gasteiger partial charge in [0.2, 0.25) is 0 Å². The van der Waals surface area contributed by atoms with Gasteiger partial charge in [-0.15, -0.1) is 0 Å². The third-order valence-corrected chi connectivity index (χ3v) is 3.22. The summed E-state index contributed by atoms with van der Waals surface area (Å²) in [6.07, 6.45) is 1.35. The lowest BCUT2D eigenvalue weighted by Gasteiger charge is -2.07. The van der Waals surface area contributed by atoms with Crippen LogP contribution < -0.4 is 10.3 Å². The van der Waals surface area contributed by atoms with Gasteiger partial charge in [-0.25, -0.2) is 4.68 Å². The van der Waals surface area contributed by atoms with E-state index < -0.39 is 5.56 Å². The molecule has 0 unspecified atom stereocenters. The van der Waals surface area contributed by atoms with Crippen LogP contribution in [0.5, 0.6) is 11.5 Å². The Balaban J connectivity index is 2.52. The topological polar surface area (TPSA) is 87.6 Å². The molecule has 0 aliphatic rings. The second-order valence-corrected chi connectivity index (χ2v) is 4.74. The van der Waals surface area contributed by atoms with Crippen molar-refractivity contribution in [1.82, 2.24) is 4.68 Å². The Labute approximate surface area is 127 Å². The third kappa shape index (κ3) is 2.83. The van der Waals surface area contributed by atoms with E-state index in [1.165, 1.54) is 19.4 Å². The molecule has 0 fully saturated rings. The average Bonchev–Trinajstić information content (AvgIpc) is 2.48. The van der Waals surface area contributed by atoms with Gasteiger partial charge in [0.25, 0.3) is 5.56 Å². The lowest BCUT2D eigenvalue weighted by molar-refractivity contribution is 0.412. The number of benzene rings is 1. The van der Waals surface area contributed by atoms with Crippen molar-refractivity contribution >= 4 is 6.21 Å². The van der Waals surface area contributed by atoms with Crippen LogP contribution in [0.15, 0.2) is 34.2 Å². The quantitative estimate of drug-likeness (QED) is 0.877. The lowest BCUT2D eigenvalue weighted by Crippen LogP contribution is -2.22. The highest BCUT2D eigenvalue weighted by Crippen LogP contribution is 2.21. The molecule has 1 heterocycles. The molecular weight excluding hydrogens is 282 g/mol. The third-order valence-electron chi connectivity index (χ3n) is 3.22. The van der Waals surface area contributed by atoms with Crippen LogP contribution in [0.25, 0.3) is 0 Å². The summed E-state index contributed by atoms with van der Waals surface area (Å²) in [4.78, 5) is 12.2. The number of phenols is 1. The fourth-order valence-corrected chi connectivity index (χ4v) is 2.04. The Hall–Kier alpha value is -3.07. The molecule has 0 saturated heterocycles. The molecule has 0 aliphatic carbocycles. The van der Waals surface area contributed by atoms with Crippen LogP contribution in [0.2, 0.25) is 0 Å². The van der Waals surface area contributed by atoms with Crippen molar-refractivity contribution in [2.24, 2.45) is 5.10 Å². The summed E-state index contributed by atoms with van der Waals surface area (Å²) >= 11 is 0. The number of aromatic nitrogens is 1. The van der Waals surface area contributed by atoms with Crippen molar-refractivity contribution in [3.63, 3.8) is 0 Å². The zero-order chi connectivity index (χ0) is 16.3. The summed E-state index contributed by atoms with van der Waals surface area (Å²) in [6, 6.07) is 8.28. The highest BCUT2D eigenvalue weighted by Gasteiger charge is 2.09. The maximum atomic E-state index is 12.2. The first kappa shape index (κ1) is 15.3. The Kier molecular flexibility index (Phi) is 4.28. The minimum atomic E-state index is -0.487. The van der Waals surface area contributed by atoms with Crippen LogP contribution in [0.4, 0.5) is 0 Å². The largest absolute Gasteiger partial charge is 0.507 e. The van der Waals surface area contributed by atoms with Crippen LogP contribution in [-0.4, -0.2) is 23.1 Å². The maximum Gasteiger partial charge on any atom is 0.289 e. The van der Waals surface area contributed by atoms with Crippen molar-refractivity contribution in [1.29, 1.82) is 5.26 Å². The van der Waals surface area contributed by atoms with Gasteiger partial charge in [-0.05, 0) is 43.7 Å². The first-order chi connectivity index (χ1) is 10.5. The Morgan fingerprint density at radius 2 is 2.09 bits per heavy atom. The van der Waals surface area contributed by atoms with E-state index >= 15 is 0 Å². The minimum Gasteiger partial charge on any atom is -0.507 e. The number of rotatable bonds is 3. The van der Waals surface area contributed by atoms with E-state index in [-0.39, 0.29) is 11.3 Å². The second kappa shape index (κ2) is 6.14. The molecule has 1 aromatic carbocycles. The van der Waals surface area contributed by atoms with E-state index in [1.807, 2.05) is 6.07 Å². The minimum absolute atomic E-state index is 0.0165. The first-order valence-electron chi connectivity index (χ1n) is 6.52. The van der Waals surface area contributed by atoms with E-state index in [0.717, 1.165) is 4.68 Å². The van der Waals surface area contributed by atoms with Gasteiger partial charge in [0.05, 0.1) is 13.3 Å². The summed E-state index contributed by atoms with van der Waals surface area (Å²) in [5, 5.41) is 22.9. The van der Waals surface area contributed by atoms with Gasteiger partial charge >= 0.3 is 0 Å². The molecule has 2 aromatic rings. The Bertz CT molecular complexity index is 845. The van der Waals surface area contributed by atoms with Gasteiger partial charge in [-0.2, -0.15) is 10.4 Å². The molecular formula is C16H15N3O3. The molecule has 22 heavy (non-hydrogen) atoms. The molecule has 0 bridgehead atoms. The SMILES string of the molecule is COc1ccc(O)c(/C=N/n2c(C)cc(C)c(C#N)c2=O)c1. The summed E-state index contributed by atoms with van der Waals surface area (Å²) in [5.74, 6) is 0.577. The number of ether oxygens (including phenoxy) is 1. The van der Waals surface area contributed by atoms with E-state index in [4.69, 9.17) is 10.00 Å². The van der Waals surface area contributed by atoms with Crippen molar-refractivity contribution in [3.05, 3.63) is 57.0 Å². The first-order valence-corrected chi connectivity index (χ1v) is 6.52. The van der Waals surface area contributed by atoms with Crippen LogP contribution in [-0.2, 0) is 0 Å². The number of hydrogen-bond acceptors (Lipinski definition) is 5. The van der Waals surface area contributed by atoms with Crippen LogP contribution in [0.1, 0.15) is 22.4 Å². The fraction of sp³-hybridized carbons (Fsp3) is 0.188. The van der Waals surface area contributed by atoms with Gasteiger partial charge in [0.1, 0.15) is 23.1 Å².